The standard InChI is InChI=1S/C23H25F3N2O9S/c1-12(2)34-21(30)35-19-15(11-33-6)18-14-9-13(37-38(31,32)23(24,25)26)7-8-16(14)28(17(18)10-27-19)20(29)36-22(3,4)5/h7-10,12H,11H2,1-6H3. The number of fused-ring (bicyclic) bond motifs is 3. The van der Waals surface area contributed by atoms with Gasteiger partial charge in [0, 0.05) is 17.9 Å². The van der Waals surface area contributed by atoms with Crippen LogP contribution in [-0.4, -0.2) is 54.5 Å². The van der Waals surface area contributed by atoms with Crippen LogP contribution in [0.3, 0.4) is 0 Å². The van der Waals surface area contributed by atoms with Gasteiger partial charge < -0.3 is 23.1 Å². The van der Waals surface area contributed by atoms with Gasteiger partial charge in [-0.15, -0.1) is 0 Å². The second-order valence-corrected chi connectivity index (χ2v) is 10.8. The zero-order chi connectivity index (χ0) is 28.6. The summed E-state index contributed by atoms with van der Waals surface area (Å²) in [6.45, 7) is 7.86. The van der Waals surface area contributed by atoms with E-state index in [0.717, 1.165) is 16.7 Å². The smallest absolute Gasteiger partial charge is 0.443 e. The molecule has 11 nitrogen and oxygen atoms in total. The van der Waals surface area contributed by atoms with Crippen molar-refractivity contribution in [2.75, 3.05) is 7.11 Å². The van der Waals surface area contributed by atoms with Crippen molar-refractivity contribution in [3.63, 3.8) is 0 Å². The number of halogens is 3. The summed E-state index contributed by atoms with van der Waals surface area (Å²) in [5.74, 6) is -0.942. The number of carbonyl (C=O) groups excluding carboxylic acids is 2. The summed E-state index contributed by atoms with van der Waals surface area (Å²) in [7, 11) is -4.66. The van der Waals surface area contributed by atoms with Crippen molar-refractivity contribution >= 4 is 44.2 Å². The van der Waals surface area contributed by atoms with Crippen LogP contribution in [0.4, 0.5) is 22.8 Å². The molecule has 38 heavy (non-hydrogen) atoms. The number of pyridine rings is 1. The molecule has 0 N–H and O–H groups in total. The molecule has 0 saturated carbocycles. The predicted octanol–water partition coefficient (Wildman–Crippen LogP) is 5.27. The number of methoxy groups -OCH3 is 1. The molecule has 0 atom stereocenters. The molecule has 0 unspecified atom stereocenters. The van der Waals surface area contributed by atoms with Crippen LogP contribution in [0.15, 0.2) is 24.4 Å². The predicted molar refractivity (Wildman–Crippen MR) is 127 cm³/mol. The lowest BCUT2D eigenvalue weighted by atomic mass is 10.1. The maximum absolute atomic E-state index is 13.1. The molecule has 3 aromatic rings. The molecule has 15 heteroatoms. The van der Waals surface area contributed by atoms with Gasteiger partial charge in [-0.3, -0.25) is 0 Å². The molecule has 0 amide bonds. The van der Waals surface area contributed by atoms with Crippen LogP contribution in [0.25, 0.3) is 21.8 Å². The average Bonchev–Trinajstić information content (AvgIpc) is 3.06. The van der Waals surface area contributed by atoms with Crippen LogP contribution < -0.4 is 8.92 Å². The first kappa shape index (κ1) is 29.0. The summed E-state index contributed by atoms with van der Waals surface area (Å²) in [5.41, 5.74) is -6.24. The fourth-order valence-electron chi connectivity index (χ4n) is 3.43. The number of carbonyl (C=O) groups is 2. The van der Waals surface area contributed by atoms with Crippen molar-refractivity contribution in [1.82, 2.24) is 9.55 Å². The van der Waals surface area contributed by atoms with E-state index in [4.69, 9.17) is 18.9 Å². The van der Waals surface area contributed by atoms with Gasteiger partial charge in [-0.2, -0.15) is 21.6 Å². The summed E-state index contributed by atoms with van der Waals surface area (Å²) in [4.78, 5) is 29.4. The quantitative estimate of drug-likeness (QED) is 0.222. The number of benzene rings is 1. The molecule has 0 bridgehead atoms. The lowest BCUT2D eigenvalue weighted by molar-refractivity contribution is -0.0500. The summed E-state index contributed by atoms with van der Waals surface area (Å²) in [6.07, 6.45) is -1.27. The third-order valence-corrected chi connectivity index (χ3v) is 5.68. The lowest BCUT2D eigenvalue weighted by Gasteiger charge is -2.20. The molecular weight excluding hydrogens is 537 g/mol. The van der Waals surface area contributed by atoms with E-state index in [1.165, 1.54) is 19.4 Å². The molecule has 0 aliphatic heterocycles. The molecule has 3 rings (SSSR count). The average molecular weight is 563 g/mol. The highest BCUT2D eigenvalue weighted by molar-refractivity contribution is 7.88. The van der Waals surface area contributed by atoms with E-state index >= 15 is 0 Å². The van der Waals surface area contributed by atoms with E-state index in [1.807, 2.05) is 0 Å². The van der Waals surface area contributed by atoms with E-state index in [1.54, 1.807) is 34.6 Å². The number of nitrogens with zero attached hydrogens (tertiary/aromatic N) is 2. The first-order valence-electron chi connectivity index (χ1n) is 11.0. The second kappa shape index (κ2) is 10.3. The number of alkyl halides is 3. The van der Waals surface area contributed by atoms with E-state index in [-0.39, 0.29) is 39.9 Å². The lowest BCUT2D eigenvalue weighted by Crippen LogP contribution is -2.28. The van der Waals surface area contributed by atoms with Crippen molar-refractivity contribution in [3.8, 4) is 11.6 Å². The Kier molecular flexibility index (Phi) is 7.84. The maximum atomic E-state index is 13.1. The number of aromatic nitrogens is 2. The Bertz CT molecular complexity index is 1490. The van der Waals surface area contributed by atoms with Crippen LogP contribution in [0, 0.1) is 0 Å². The summed E-state index contributed by atoms with van der Waals surface area (Å²) >= 11 is 0. The molecule has 0 spiro atoms. The molecule has 0 saturated heterocycles. The van der Waals surface area contributed by atoms with Gasteiger partial charge >= 0.3 is 27.9 Å². The van der Waals surface area contributed by atoms with Gasteiger partial charge in [-0.25, -0.2) is 19.1 Å². The van der Waals surface area contributed by atoms with Crippen LogP contribution in [0.5, 0.6) is 11.6 Å². The summed E-state index contributed by atoms with van der Waals surface area (Å²) < 4.78 is 88.2. The summed E-state index contributed by atoms with van der Waals surface area (Å²) in [6, 6.07) is 3.13. The molecule has 0 aliphatic carbocycles. The SMILES string of the molecule is COCc1c(OC(=O)OC(C)C)ncc2c1c1cc(OS(=O)(=O)C(F)(F)F)ccc1n2C(=O)OC(C)(C)C. The van der Waals surface area contributed by atoms with Gasteiger partial charge in [0.15, 0.2) is 0 Å². The third-order valence-electron chi connectivity index (χ3n) is 4.71. The van der Waals surface area contributed by atoms with Crippen LogP contribution in [0.2, 0.25) is 0 Å². The molecule has 1 aromatic carbocycles. The first-order chi connectivity index (χ1) is 17.4. The Morgan fingerprint density at radius 1 is 1.11 bits per heavy atom. The molecule has 0 aliphatic rings. The third kappa shape index (κ3) is 6.10. The van der Waals surface area contributed by atoms with Crippen molar-refractivity contribution < 1.29 is 54.3 Å². The summed E-state index contributed by atoms with van der Waals surface area (Å²) in [5, 5.41) is 0.224. The Morgan fingerprint density at radius 2 is 1.76 bits per heavy atom. The van der Waals surface area contributed by atoms with E-state index in [9.17, 15) is 31.2 Å². The van der Waals surface area contributed by atoms with Gasteiger partial charge in [0.1, 0.15) is 11.4 Å². The minimum absolute atomic E-state index is 0.0669. The van der Waals surface area contributed by atoms with Gasteiger partial charge in [0.05, 0.1) is 35.5 Å². The highest BCUT2D eigenvalue weighted by Crippen LogP contribution is 2.38. The Hall–Kier alpha value is -3.59. The van der Waals surface area contributed by atoms with Crippen LogP contribution in [0.1, 0.15) is 40.2 Å². The van der Waals surface area contributed by atoms with Gasteiger partial charge in [0.25, 0.3) is 0 Å². The van der Waals surface area contributed by atoms with Crippen molar-refractivity contribution in [1.29, 1.82) is 0 Å². The fourth-order valence-corrected chi connectivity index (χ4v) is 3.88. The van der Waals surface area contributed by atoms with Crippen LogP contribution in [-0.2, 0) is 30.9 Å². The zero-order valence-electron chi connectivity index (χ0n) is 21.2. The van der Waals surface area contributed by atoms with Crippen molar-refractivity contribution in [2.45, 2.75) is 58.4 Å². The Morgan fingerprint density at radius 3 is 2.32 bits per heavy atom. The van der Waals surface area contributed by atoms with Crippen molar-refractivity contribution in [2.24, 2.45) is 0 Å². The number of hydrogen-bond donors (Lipinski definition) is 0. The maximum Gasteiger partial charge on any atom is 0.534 e. The molecule has 0 radical (unpaired) electrons. The zero-order valence-corrected chi connectivity index (χ0v) is 22.0. The first-order valence-corrected chi connectivity index (χ1v) is 12.4. The highest BCUT2D eigenvalue weighted by Gasteiger charge is 2.48. The Labute approximate surface area is 215 Å². The van der Waals surface area contributed by atoms with Gasteiger partial charge in [0.2, 0.25) is 5.88 Å². The van der Waals surface area contributed by atoms with Gasteiger partial charge in [-0.1, -0.05) is 0 Å². The largest absolute Gasteiger partial charge is 0.534 e. The highest BCUT2D eigenvalue weighted by atomic mass is 32.2. The minimum atomic E-state index is -5.98. The topological polar surface area (TPSA) is 132 Å². The van der Waals surface area contributed by atoms with E-state index < -0.39 is 45.3 Å². The molecule has 0 fully saturated rings. The Balaban J connectivity index is 2.33. The van der Waals surface area contributed by atoms with Gasteiger partial charge in [-0.05, 0) is 52.8 Å². The normalized spacial score (nSPS) is 12.7. The molecular formula is C23H25F3N2O9S. The minimum Gasteiger partial charge on any atom is -0.443 e. The van der Waals surface area contributed by atoms with E-state index in [0.29, 0.717) is 0 Å². The van der Waals surface area contributed by atoms with Crippen molar-refractivity contribution in [3.05, 3.63) is 30.0 Å². The number of ether oxygens (including phenoxy) is 4. The second-order valence-electron chi connectivity index (χ2n) is 9.23. The molecule has 2 aromatic heterocycles. The number of rotatable bonds is 6. The monoisotopic (exact) mass is 562 g/mol. The molecule has 2 heterocycles. The van der Waals surface area contributed by atoms with Crippen LogP contribution >= 0.6 is 0 Å². The van der Waals surface area contributed by atoms with E-state index in [2.05, 4.69) is 9.17 Å². The number of hydrogen-bond acceptors (Lipinski definition) is 10. The molecule has 208 valence electrons. The fraction of sp³-hybridized carbons (Fsp3) is 0.435.